The Morgan fingerprint density at radius 1 is 1.50 bits per heavy atom. The molecule has 1 aromatic rings. The van der Waals surface area contributed by atoms with E-state index in [9.17, 15) is 0 Å². The predicted molar refractivity (Wildman–Crippen MR) is 67.7 cm³/mol. The number of piperidine rings is 1. The highest BCUT2D eigenvalue weighted by molar-refractivity contribution is 5.20. The second-order valence-electron chi connectivity index (χ2n) is 5.41. The Morgan fingerprint density at radius 3 is 3.00 bits per heavy atom. The molecule has 1 fully saturated rings. The fourth-order valence-electron chi connectivity index (χ4n) is 2.27. The molecule has 3 N–H and O–H groups in total. The number of aromatic amines is 1. The molecule has 1 unspecified atom stereocenters. The molecule has 2 heterocycles. The average molecular weight is 221 g/mol. The van der Waals surface area contributed by atoms with Crippen molar-refractivity contribution in [2.24, 2.45) is 0 Å². The highest BCUT2D eigenvalue weighted by atomic mass is 15.0. The number of hydrogen-bond donors (Lipinski definition) is 3. The maximum absolute atomic E-state index is 3.67. The standard InChI is InChI=1S/C13H23N3/c1-13(2,11-5-7-15-8-11)10-16-12-4-3-6-14-9-12/h5,7-8,12,14-16H,3-4,6,9-10H2,1-2H3. The van der Waals surface area contributed by atoms with Gasteiger partial charge in [-0.2, -0.15) is 0 Å². The van der Waals surface area contributed by atoms with Gasteiger partial charge in [-0.05, 0) is 31.0 Å². The zero-order chi connectivity index (χ0) is 11.4. The molecule has 3 nitrogen and oxygen atoms in total. The molecule has 0 saturated carbocycles. The summed E-state index contributed by atoms with van der Waals surface area (Å²) in [5, 5.41) is 7.11. The summed E-state index contributed by atoms with van der Waals surface area (Å²) >= 11 is 0. The number of H-pyrrole nitrogens is 1. The van der Waals surface area contributed by atoms with Crippen LogP contribution in [0, 0.1) is 0 Å². The van der Waals surface area contributed by atoms with Crippen molar-refractivity contribution in [2.45, 2.75) is 38.1 Å². The van der Waals surface area contributed by atoms with Crippen molar-refractivity contribution in [2.75, 3.05) is 19.6 Å². The number of hydrogen-bond acceptors (Lipinski definition) is 2. The molecule has 2 rings (SSSR count). The lowest BCUT2D eigenvalue weighted by molar-refractivity contribution is 0.354. The Kier molecular flexibility index (Phi) is 3.66. The molecule has 0 bridgehead atoms. The first-order valence-electron chi connectivity index (χ1n) is 6.26. The molecule has 1 atom stereocenters. The predicted octanol–water partition coefficient (Wildman–Crippen LogP) is 1.63. The largest absolute Gasteiger partial charge is 0.367 e. The zero-order valence-corrected chi connectivity index (χ0v) is 10.3. The summed E-state index contributed by atoms with van der Waals surface area (Å²) in [6.45, 7) is 7.92. The van der Waals surface area contributed by atoms with Gasteiger partial charge >= 0.3 is 0 Å². The Bertz CT molecular complexity index is 297. The molecule has 0 amide bonds. The smallest absolute Gasteiger partial charge is 0.0193 e. The van der Waals surface area contributed by atoms with Gasteiger partial charge in [0, 0.05) is 36.9 Å². The molecule has 1 aliphatic heterocycles. The fourth-order valence-corrected chi connectivity index (χ4v) is 2.27. The van der Waals surface area contributed by atoms with Crippen LogP contribution in [-0.2, 0) is 5.41 Å². The number of nitrogens with one attached hydrogen (secondary N) is 3. The van der Waals surface area contributed by atoms with Gasteiger partial charge < -0.3 is 15.6 Å². The topological polar surface area (TPSA) is 39.8 Å². The summed E-state index contributed by atoms with van der Waals surface area (Å²) in [6.07, 6.45) is 6.69. The fraction of sp³-hybridized carbons (Fsp3) is 0.692. The molecule has 90 valence electrons. The van der Waals surface area contributed by atoms with E-state index in [-0.39, 0.29) is 5.41 Å². The molecule has 0 aromatic carbocycles. The molecular weight excluding hydrogens is 198 g/mol. The maximum atomic E-state index is 3.67. The SMILES string of the molecule is CC(C)(CNC1CCCNC1)c1cc[nH]c1. The molecule has 1 saturated heterocycles. The number of rotatable bonds is 4. The lowest BCUT2D eigenvalue weighted by Gasteiger charge is -2.30. The second-order valence-corrected chi connectivity index (χ2v) is 5.41. The quantitative estimate of drug-likeness (QED) is 0.723. The lowest BCUT2D eigenvalue weighted by atomic mass is 9.86. The van der Waals surface area contributed by atoms with Crippen LogP contribution in [0.1, 0.15) is 32.3 Å². The summed E-state index contributed by atoms with van der Waals surface area (Å²) < 4.78 is 0. The van der Waals surface area contributed by atoms with Gasteiger partial charge in [-0.1, -0.05) is 13.8 Å². The van der Waals surface area contributed by atoms with E-state index in [0.717, 1.165) is 13.1 Å². The second kappa shape index (κ2) is 5.02. The third kappa shape index (κ3) is 2.86. The summed E-state index contributed by atoms with van der Waals surface area (Å²) in [6, 6.07) is 2.81. The van der Waals surface area contributed by atoms with E-state index in [0.29, 0.717) is 6.04 Å². The summed E-state index contributed by atoms with van der Waals surface area (Å²) in [5.41, 5.74) is 1.58. The Morgan fingerprint density at radius 2 is 2.38 bits per heavy atom. The first-order chi connectivity index (χ1) is 7.68. The van der Waals surface area contributed by atoms with E-state index in [4.69, 9.17) is 0 Å². The molecule has 16 heavy (non-hydrogen) atoms. The molecule has 1 aromatic heterocycles. The van der Waals surface area contributed by atoms with Crippen molar-refractivity contribution < 1.29 is 0 Å². The third-order valence-corrected chi connectivity index (χ3v) is 3.51. The molecule has 0 radical (unpaired) electrons. The average Bonchev–Trinajstić information content (AvgIpc) is 2.82. The molecule has 0 aliphatic carbocycles. The highest BCUT2D eigenvalue weighted by Crippen LogP contribution is 2.21. The minimum absolute atomic E-state index is 0.206. The van der Waals surface area contributed by atoms with Gasteiger partial charge in [0.1, 0.15) is 0 Å². The van der Waals surface area contributed by atoms with Gasteiger partial charge in [0.2, 0.25) is 0 Å². The third-order valence-electron chi connectivity index (χ3n) is 3.51. The van der Waals surface area contributed by atoms with Crippen molar-refractivity contribution >= 4 is 0 Å². The van der Waals surface area contributed by atoms with Crippen LogP contribution in [0.15, 0.2) is 18.5 Å². The van der Waals surface area contributed by atoms with Gasteiger partial charge in [-0.15, -0.1) is 0 Å². The van der Waals surface area contributed by atoms with E-state index in [2.05, 4.69) is 41.7 Å². The van der Waals surface area contributed by atoms with Crippen LogP contribution in [0.3, 0.4) is 0 Å². The summed E-state index contributed by atoms with van der Waals surface area (Å²) in [7, 11) is 0. The van der Waals surface area contributed by atoms with E-state index in [1.54, 1.807) is 0 Å². The van der Waals surface area contributed by atoms with Crippen LogP contribution < -0.4 is 10.6 Å². The Labute approximate surface area is 98.0 Å². The minimum atomic E-state index is 0.206. The van der Waals surface area contributed by atoms with Crippen molar-refractivity contribution in [3.05, 3.63) is 24.0 Å². The number of aromatic nitrogens is 1. The van der Waals surface area contributed by atoms with Crippen LogP contribution in [-0.4, -0.2) is 30.7 Å². The van der Waals surface area contributed by atoms with Crippen LogP contribution in [0.2, 0.25) is 0 Å². The lowest BCUT2D eigenvalue weighted by Crippen LogP contribution is -2.46. The first-order valence-corrected chi connectivity index (χ1v) is 6.26. The van der Waals surface area contributed by atoms with Crippen molar-refractivity contribution in [1.29, 1.82) is 0 Å². The van der Waals surface area contributed by atoms with Gasteiger partial charge in [0.25, 0.3) is 0 Å². The van der Waals surface area contributed by atoms with Crippen molar-refractivity contribution in [3.63, 3.8) is 0 Å². The van der Waals surface area contributed by atoms with Crippen molar-refractivity contribution in [3.8, 4) is 0 Å². The van der Waals surface area contributed by atoms with Crippen molar-refractivity contribution in [1.82, 2.24) is 15.6 Å². The minimum Gasteiger partial charge on any atom is -0.367 e. The van der Waals surface area contributed by atoms with Crippen LogP contribution in [0.25, 0.3) is 0 Å². The van der Waals surface area contributed by atoms with E-state index in [1.165, 1.54) is 24.9 Å². The summed E-state index contributed by atoms with van der Waals surface area (Å²) in [5.74, 6) is 0. The molecular formula is C13H23N3. The zero-order valence-electron chi connectivity index (χ0n) is 10.3. The molecule has 1 aliphatic rings. The Hall–Kier alpha value is -0.800. The van der Waals surface area contributed by atoms with Gasteiger partial charge in [-0.3, -0.25) is 0 Å². The van der Waals surface area contributed by atoms with Crippen LogP contribution >= 0.6 is 0 Å². The Balaban J connectivity index is 1.84. The van der Waals surface area contributed by atoms with E-state index < -0.39 is 0 Å². The van der Waals surface area contributed by atoms with Crippen LogP contribution in [0.5, 0.6) is 0 Å². The first kappa shape index (κ1) is 11.7. The monoisotopic (exact) mass is 221 g/mol. The maximum Gasteiger partial charge on any atom is 0.0193 e. The molecule has 3 heteroatoms. The molecule has 0 spiro atoms. The van der Waals surface area contributed by atoms with Gasteiger partial charge in [-0.25, -0.2) is 0 Å². The van der Waals surface area contributed by atoms with Gasteiger partial charge in [0.05, 0.1) is 0 Å². The normalized spacial score (nSPS) is 22.2. The van der Waals surface area contributed by atoms with Gasteiger partial charge in [0.15, 0.2) is 0 Å². The van der Waals surface area contributed by atoms with E-state index in [1.807, 2.05) is 6.20 Å². The summed E-state index contributed by atoms with van der Waals surface area (Å²) in [4.78, 5) is 3.13. The van der Waals surface area contributed by atoms with E-state index >= 15 is 0 Å². The van der Waals surface area contributed by atoms with Crippen LogP contribution in [0.4, 0.5) is 0 Å². The highest BCUT2D eigenvalue weighted by Gasteiger charge is 2.22.